The first kappa shape index (κ1) is 33.4. The van der Waals surface area contributed by atoms with Crippen molar-refractivity contribution in [1.29, 1.82) is 0 Å². The molecule has 2 aromatic rings. The van der Waals surface area contributed by atoms with Gasteiger partial charge >= 0.3 is 18.5 Å². The number of halogens is 13. The van der Waals surface area contributed by atoms with Crippen LogP contribution in [0.5, 0.6) is 0 Å². The van der Waals surface area contributed by atoms with Gasteiger partial charge < -0.3 is 0 Å². The normalized spacial score (nSPS) is 14.8. The number of carbonyl (C=O) groups is 1. The van der Waals surface area contributed by atoms with Crippen molar-refractivity contribution in [3.63, 3.8) is 0 Å². The lowest BCUT2D eigenvalue weighted by molar-refractivity contribution is -0.140. The number of benzene rings is 2. The Hall–Kier alpha value is -1.83. The maximum Gasteiger partial charge on any atom is 0.417 e. The van der Waals surface area contributed by atoms with E-state index in [0.29, 0.717) is 12.1 Å². The third-order valence-corrected chi connectivity index (χ3v) is 7.62. The van der Waals surface area contributed by atoms with Crippen LogP contribution in [0.15, 0.2) is 36.4 Å². The van der Waals surface area contributed by atoms with Gasteiger partial charge in [-0.25, -0.2) is 4.39 Å². The van der Waals surface area contributed by atoms with E-state index < -0.39 is 93.5 Å². The van der Waals surface area contributed by atoms with E-state index in [9.17, 15) is 52.9 Å². The third kappa shape index (κ3) is 9.65. The first-order valence-electron chi connectivity index (χ1n) is 10.5. The van der Waals surface area contributed by atoms with Gasteiger partial charge in [-0.1, -0.05) is 46.9 Å². The van der Waals surface area contributed by atoms with Gasteiger partial charge in [0.2, 0.25) is 0 Å². The van der Waals surface area contributed by atoms with Crippen molar-refractivity contribution in [2.45, 2.75) is 37.3 Å². The molecule has 16 heteroatoms. The molecule has 2 aromatic carbocycles. The predicted octanol–water partition coefficient (Wildman–Crippen LogP) is 9.60. The monoisotopic (exact) mass is 650 g/mol. The summed E-state index contributed by atoms with van der Waals surface area (Å²) in [5, 5.41) is -1.03. The van der Waals surface area contributed by atoms with Crippen molar-refractivity contribution < 1.29 is 52.9 Å². The Morgan fingerprint density at radius 2 is 1.49 bits per heavy atom. The molecule has 2 atom stereocenters. The third-order valence-electron chi connectivity index (χ3n) is 5.03. The van der Waals surface area contributed by atoms with Crippen LogP contribution in [0.4, 0.5) is 43.9 Å². The predicted molar refractivity (Wildman–Crippen MR) is 128 cm³/mol. The number of alkyl halides is 9. The van der Waals surface area contributed by atoms with Gasteiger partial charge in [0.1, 0.15) is 17.5 Å². The van der Waals surface area contributed by atoms with E-state index in [1.807, 2.05) is 0 Å². The number of Topliss-reactive ketones (excluding diaryl/α,β-unsaturated/α-hetero) is 1. The molecule has 216 valence electrons. The summed E-state index contributed by atoms with van der Waals surface area (Å²) in [5.74, 6) is -7.87. The van der Waals surface area contributed by atoms with E-state index in [4.69, 9.17) is 34.8 Å². The molecule has 0 N–H and O–H groups in total. The standard InChI is InChI=1S/C23H15Cl3F10O2S/c24-16-7-12(8-17(25)20(16)26)14(22(31,32)33)9-18(27)11-3-4-13(15(6-11)23(34,35)36)19(37)2-1-5-39(38)10-21(28,29)30/h3-4,6-9,14H,1-2,5,10H2/b18-9-. The second kappa shape index (κ2) is 12.8. The first-order chi connectivity index (χ1) is 17.7. The maximum absolute atomic E-state index is 14.9. The zero-order chi connectivity index (χ0) is 29.9. The molecule has 2 unspecified atom stereocenters. The van der Waals surface area contributed by atoms with Gasteiger partial charge in [0, 0.05) is 34.1 Å². The Morgan fingerprint density at radius 1 is 0.923 bits per heavy atom. The highest BCUT2D eigenvalue weighted by atomic mass is 35.5. The fourth-order valence-electron chi connectivity index (χ4n) is 3.33. The number of hydrogen-bond acceptors (Lipinski definition) is 2. The van der Waals surface area contributed by atoms with Crippen LogP contribution >= 0.6 is 34.8 Å². The average Bonchev–Trinajstić information content (AvgIpc) is 2.77. The zero-order valence-electron chi connectivity index (χ0n) is 19.0. The minimum Gasteiger partial charge on any atom is -0.294 e. The number of rotatable bonds is 9. The van der Waals surface area contributed by atoms with E-state index in [0.717, 1.165) is 12.1 Å². The topological polar surface area (TPSA) is 34.1 Å². The molecular weight excluding hydrogens is 637 g/mol. The Balaban J connectivity index is 2.40. The molecule has 0 bridgehead atoms. The largest absolute Gasteiger partial charge is 0.417 e. The molecule has 0 aliphatic carbocycles. The van der Waals surface area contributed by atoms with Crippen molar-refractivity contribution >= 4 is 57.2 Å². The van der Waals surface area contributed by atoms with Gasteiger partial charge in [-0.2, -0.15) is 39.5 Å². The Bertz CT molecular complexity index is 1250. The molecule has 0 saturated carbocycles. The molecule has 0 radical (unpaired) electrons. The summed E-state index contributed by atoms with van der Waals surface area (Å²) in [6, 6.07) is 2.85. The Morgan fingerprint density at radius 3 is 1.97 bits per heavy atom. The van der Waals surface area contributed by atoms with E-state index in [-0.39, 0.29) is 27.2 Å². The Kier molecular flexibility index (Phi) is 10.9. The van der Waals surface area contributed by atoms with Crippen LogP contribution in [0.3, 0.4) is 0 Å². The van der Waals surface area contributed by atoms with Crippen molar-refractivity contribution in [3.8, 4) is 0 Å². The van der Waals surface area contributed by atoms with Gasteiger partial charge in [0.25, 0.3) is 0 Å². The Labute approximate surface area is 232 Å². The van der Waals surface area contributed by atoms with Gasteiger partial charge in [0.15, 0.2) is 5.78 Å². The lowest BCUT2D eigenvalue weighted by Crippen LogP contribution is -2.20. The maximum atomic E-state index is 14.9. The zero-order valence-corrected chi connectivity index (χ0v) is 22.1. The van der Waals surface area contributed by atoms with E-state index in [2.05, 4.69) is 0 Å². The second-order valence-corrected chi connectivity index (χ2v) is 10.8. The molecule has 0 aromatic heterocycles. The molecule has 0 aliphatic rings. The van der Waals surface area contributed by atoms with Gasteiger partial charge in [0.05, 0.1) is 20.6 Å². The van der Waals surface area contributed by atoms with Crippen molar-refractivity contribution in [2.75, 3.05) is 11.5 Å². The molecule has 0 saturated heterocycles. The van der Waals surface area contributed by atoms with Gasteiger partial charge in [-0.3, -0.25) is 9.00 Å². The molecule has 0 fully saturated rings. The van der Waals surface area contributed by atoms with Crippen LogP contribution in [-0.4, -0.2) is 33.9 Å². The summed E-state index contributed by atoms with van der Waals surface area (Å²) < 4.78 is 145. The molecule has 2 nitrogen and oxygen atoms in total. The van der Waals surface area contributed by atoms with Crippen LogP contribution in [0.1, 0.15) is 45.8 Å². The molecule has 39 heavy (non-hydrogen) atoms. The molecule has 0 aliphatic heterocycles. The number of hydrogen-bond donors (Lipinski definition) is 0. The summed E-state index contributed by atoms with van der Waals surface area (Å²) in [6.45, 7) is 0. The quantitative estimate of drug-likeness (QED) is 0.154. The molecule has 2 rings (SSSR count). The van der Waals surface area contributed by atoms with Crippen LogP contribution in [0.25, 0.3) is 5.83 Å². The van der Waals surface area contributed by atoms with Crippen molar-refractivity contribution in [1.82, 2.24) is 0 Å². The highest BCUT2D eigenvalue weighted by molar-refractivity contribution is 7.85. The van der Waals surface area contributed by atoms with Crippen LogP contribution in [0.2, 0.25) is 15.1 Å². The van der Waals surface area contributed by atoms with E-state index in [1.165, 1.54) is 0 Å². The minimum atomic E-state index is -5.25. The van der Waals surface area contributed by atoms with Gasteiger partial charge in [-0.05, 0) is 36.3 Å². The van der Waals surface area contributed by atoms with Crippen LogP contribution in [0, 0.1) is 0 Å². The SMILES string of the molecule is O=C(CCCS(=O)CC(F)(F)F)c1ccc(/C(F)=C/C(c2cc(Cl)c(Cl)c(Cl)c2)C(F)(F)F)cc1C(F)(F)F. The molecule has 0 amide bonds. The summed E-state index contributed by atoms with van der Waals surface area (Å²) in [5.41, 5.74) is -4.25. The molecule has 0 spiro atoms. The number of carbonyl (C=O) groups excluding carboxylic acids is 1. The smallest absolute Gasteiger partial charge is 0.294 e. The van der Waals surface area contributed by atoms with E-state index >= 15 is 0 Å². The second-order valence-electron chi connectivity index (χ2n) is 8.02. The van der Waals surface area contributed by atoms with Crippen molar-refractivity contribution in [3.05, 3.63) is 73.7 Å². The van der Waals surface area contributed by atoms with Crippen LogP contribution in [-0.2, 0) is 17.0 Å². The highest BCUT2D eigenvalue weighted by Gasteiger charge is 2.41. The van der Waals surface area contributed by atoms with Gasteiger partial charge in [-0.15, -0.1) is 0 Å². The fourth-order valence-corrected chi connectivity index (χ4v) is 4.92. The lowest BCUT2D eigenvalue weighted by Gasteiger charge is -2.19. The summed E-state index contributed by atoms with van der Waals surface area (Å²) in [4.78, 5) is 12.3. The van der Waals surface area contributed by atoms with E-state index in [1.54, 1.807) is 0 Å². The number of allylic oxidation sites excluding steroid dienone is 1. The fraction of sp³-hybridized carbons (Fsp3) is 0.348. The van der Waals surface area contributed by atoms with Crippen LogP contribution < -0.4 is 0 Å². The van der Waals surface area contributed by atoms with Crippen molar-refractivity contribution in [2.24, 2.45) is 0 Å². The summed E-state index contributed by atoms with van der Waals surface area (Å²) in [6.07, 6.45) is -16.3. The molecule has 0 heterocycles. The average molecular weight is 652 g/mol. The molecular formula is C23H15Cl3F10O2S. The highest BCUT2D eigenvalue weighted by Crippen LogP contribution is 2.43. The lowest BCUT2D eigenvalue weighted by atomic mass is 9.94. The summed E-state index contributed by atoms with van der Waals surface area (Å²) in [7, 11) is -2.40. The first-order valence-corrected chi connectivity index (χ1v) is 13.1. The summed E-state index contributed by atoms with van der Waals surface area (Å²) >= 11 is 17.2. The minimum absolute atomic E-state index is 0.00282. The number of ketones is 1.